The number of hydrogen-bond acceptors (Lipinski definition) is 3. The van der Waals surface area contributed by atoms with Crippen LogP contribution in [0, 0.1) is 0 Å². The van der Waals surface area contributed by atoms with Gasteiger partial charge < -0.3 is 10.1 Å². The molecule has 3 amide bonds. The zero-order valence-electron chi connectivity index (χ0n) is 15.3. The summed E-state index contributed by atoms with van der Waals surface area (Å²) >= 11 is 5.85. The van der Waals surface area contributed by atoms with E-state index in [-0.39, 0.29) is 19.1 Å². The summed E-state index contributed by atoms with van der Waals surface area (Å²) in [4.78, 5) is 26.7. The summed E-state index contributed by atoms with van der Waals surface area (Å²) in [6, 6.07) is 20.2. The van der Waals surface area contributed by atoms with Crippen LogP contribution in [0.2, 0.25) is 5.02 Å². The van der Waals surface area contributed by atoms with Gasteiger partial charge in [0, 0.05) is 5.02 Å². The summed E-state index contributed by atoms with van der Waals surface area (Å²) in [6.45, 7) is 2.10. The van der Waals surface area contributed by atoms with Crippen LogP contribution in [-0.4, -0.2) is 30.0 Å². The number of carbonyl (C=O) groups is 2. The second-order valence-electron chi connectivity index (χ2n) is 6.88. The third kappa shape index (κ3) is 3.29. The molecule has 5 nitrogen and oxygen atoms in total. The number of benzene rings is 3. The van der Waals surface area contributed by atoms with Crippen LogP contribution < -0.4 is 10.1 Å². The number of nitrogens with one attached hydrogen (secondary N) is 1. The van der Waals surface area contributed by atoms with E-state index in [4.69, 9.17) is 16.3 Å². The minimum atomic E-state index is -1.10. The van der Waals surface area contributed by atoms with Gasteiger partial charge in [0.25, 0.3) is 5.91 Å². The predicted octanol–water partition coefficient (Wildman–Crippen LogP) is 4.34. The molecule has 4 rings (SSSR count). The number of hydrogen-bond donors (Lipinski definition) is 1. The van der Waals surface area contributed by atoms with E-state index in [2.05, 4.69) is 5.32 Å². The van der Waals surface area contributed by atoms with Crippen molar-refractivity contribution in [1.29, 1.82) is 0 Å². The molecule has 1 saturated heterocycles. The van der Waals surface area contributed by atoms with Gasteiger partial charge in [0.05, 0.1) is 6.54 Å². The third-order valence-corrected chi connectivity index (χ3v) is 5.25. The van der Waals surface area contributed by atoms with Crippen LogP contribution in [0.15, 0.2) is 66.7 Å². The van der Waals surface area contributed by atoms with Crippen LogP contribution in [0.3, 0.4) is 0 Å². The van der Waals surface area contributed by atoms with E-state index >= 15 is 0 Å². The van der Waals surface area contributed by atoms with Crippen molar-refractivity contribution >= 4 is 34.3 Å². The molecule has 1 heterocycles. The van der Waals surface area contributed by atoms with Crippen LogP contribution in [0.1, 0.15) is 12.5 Å². The first-order valence-electron chi connectivity index (χ1n) is 8.99. The van der Waals surface area contributed by atoms with Gasteiger partial charge >= 0.3 is 6.03 Å². The van der Waals surface area contributed by atoms with Crippen molar-refractivity contribution in [1.82, 2.24) is 10.2 Å². The molecular formula is C22H19ClN2O3. The summed E-state index contributed by atoms with van der Waals surface area (Å²) in [5.41, 5.74) is -0.341. The first-order chi connectivity index (χ1) is 13.5. The van der Waals surface area contributed by atoms with E-state index in [1.807, 2.05) is 42.5 Å². The van der Waals surface area contributed by atoms with Gasteiger partial charge in [-0.2, -0.15) is 0 Å². The fourth-order valence-corrected chi connectivity index (χ4v) is 3.51. The van der Waals surface area contributed by atoms with Crippen molar-refractivity contribution in [2.45, 2.75) is 12.5 Å². The minimum absolute atomic E-state index is 0.163. The molecule has 0 aliphatic carbocycles. The van der Waals surface area contributed by atoms with Crippen molar-refractivity contribution in [2.75, 3.05) is 13.2 Å². The van der Waals surface area contributed by atoms with Gasteiger partial charge in [0.2, 0.25) is 0 Å². The molecule has 3 aromatic carbocycles. The molecule has 1 aliphatic heterocycles. The van der Waals surface area contributed by atoms with E-state index in [0.717, 1.165) is 16.3 Å². The highest BCUT2D eigenvalue weighted by molar-refractivity contribution is 6.30. The highest BCUT2D eigenvalue weighted by atomic mass is 35.5. The molecule has 28 heavy (non-hydrogen) atoms. The maximum Gasteiger partial charge on any atom is 0.325 e. The van der Waals surface area contributed by atoms with Crippen LogP contribution in [0.5, 0.6) is 5.75 Å². The first-order valence-corrected chi connectivity index (χ1v) is 9.37. The monoisotopic (exact) mass is 394 g/mol. The summed E-state index contributed by atoms with van der Waals surface area (Å²) in [5, 5.41) is 5.55. The summed E-state index contributed by atoms with van der Waals surface area (Å²) in [5.74, 6) is 0.348. The number of nitrogens with zero attached hydrogens (tertiary/aromatic N) is 1. The Balaban J connectivity index is 1.49. The highest BCUT2D eigenvalue weighted by Crippen LogP contribution is 2.31. The molecule has 3 aromatic rings. The van der Waals surface area contributed by atoms with Gasteiger partial charge in [-0.15, -0.1) is 0 Å². The lowest BCUT2D eigenvalue weighted by Crippen LogP contribution is -2.41. The van der Waals surface area contributed by atoms with Gasteiger partial charge in [0.15, 0.2) is 0 Å². The molecule has 0 aromatic heterocycles. The third-order valence-electron chi connectivity index (χ3n) is 5.00. The lowest BCUT2D eigenvalue weighted by molar-refractivity contribution is -0.131. The highest BCUT2D eigenvalue weighted by Gasteiger charge is 2.48. The summed E-state index contributed by atoms with van der Waals surface area (Å²) in [7, 11) is 0. The second kappa shape index (κ2) is 7.17. The Bertz CT molecular complexity index is 1050. The predicted molar refractivity (Wildman–Crippen MR) is 108 cm³/mol. The smallest absolute Gasteiger partial charge is 0.325 e. The zero-order chi connectivity index (χ0) is 19.7. The molecule has 0 spiro atoms. The Morgan fingerprint density at radius 2 is 1.71 bits per heavy atom. The van der Waals surface area contributed by atoms with Crippen molar-refractivity contribution < 1.29 is 14.3 Å². The molecule has 0 bridgehead atoms. The van der Waals surface area contributed by atoms with Crippen molar-refractivity contribution in [3.05, 3.63) is 77.3 Å². The Morgan fingerprint density at radius 3 is 2.46 bits per heavy atom. The molecule has 0 saturated carbocycles. The molecule has 1 aliphatic rings. The van der Waals surface area contributed by atoms with Gasteiger partial charge in [-0.05, 0) is 53.6 Å². The lowest BCUT2D eigenvalue weighted by Gasteiger charge is -2.22. The molecule has 6 heteroatoms. The maximum atomic E-state index is 13.0. The average molecular weight is 395 g/mol. The molecule has 1 fully saturated rings. The number of imide groups is 1. The van der Waals surface area contributed by atoms with Crippen molar-refractivity contribution in [3.63, 3.8) is 0 Å². The lowest BCUT2D eigenvalue weighted by atomic mass is 9.90. The van der Waals surface area contributed by atoms with E-state index in [1.165, 1.54) is 4.90 Å². The minimum Gasteiger partial charge on any atom is -0.492 e. The zero-order valence-corrected chi connectivity index (χ0v) is 16.1. The molecule has 0 radical (unpaired) electrons. The van der Waals surface area contributed by atoms with Crippen LogP contribution in [0.25, 0.3) is 10.8 Å². The number of urea groups is 1. The molecular weight excluding hydrogens is 376 g/mol. The Kier molecular flexibility index (Phi) is 4.69. The molecule has 0 unspecified atom stereocenters. The van der Waals surface area contributed by atoms with E-state index < -0.39 is 11.6 Å². The largest absolute Gasteiger partial charge is 0.492 e. The quantitative estimate of drug-likeness (QED) is 0.655. The molecule has 1 N–H and O–H groups in total. The molecule has 142 valence electrons. The number of carbonyl (C=O) groups excluding carboxylic acids is 2. The van der Waals surface area contributed by atoms with E-state index in [9.17, 15) is 9.59 Å². The average Bonchev–Trinajstić information content (AvgIpc) is 2.93. The SMILES string of the molecule is C[C@]1(c2ccc3ccccc3c2)NC(=O)N(CCOc2ccc(Cl)cc2)C1=O. The Hall–Kier alpha value is -3.05. The van der Waals surface area contributed by atoms with Crippen LogP contribution in [0.4, 0.5) is 4.79 Å². The standard InChI is InChI=1S/C22H19ClN2O3/c1-22(17-7-6-15-4-2-3-5-16(15)14-17)20(26)25(21(27)24-22)12-13-28-19-10-8-18(23)9-11-19/h2-11,14H,12-13H2,1H3,(H,24,27)/t22-/m1/s1. The van der Waals surface area contributed by atoms with Crippen LogP contribution in [-0.2, 0) is 10.3 Å². The summed E-state index contributed by atoms with van der Waals surface area (Å²) < 4.78 is 5.62. The number of rotatable bonds is 5. The maximum absolute atomic E-state index is 13.0. The van der Waals surface area contributed by atoms with Crippen LogP contribution >= 0.6 is 11.6 Å². The van der Waals surface area contributed by atoms with E-state index in [0.29, 0.717) is 10.8 Å². The number of halogens is 1. The fraction of sp³-hybridized carbons (Fsp3) is 0.182. The van der Waals surface area contributed by atoms with E-state index in [1.54, 1.807) is 31.2 Å². The Labute approximate surface area is 167 Å². The second-order valence-corrected chi connectivity index (χ2v) is 7.31. The number of fused-ring (bicyclic) bond motifs is 1. The molecule has 1 atom stereocenters. The number of ether oxygens (including phenoxy) is 1. The van der Waals surface area contributed by atoms with Gasteiger partial charge in [0.1, 0.15) is 17.9 Å². The topological polar surface area (TPSA) is 58.6 Å². The van der Waals surface area contributed by atoms with Gasteiger partial charge in [-0.3, -0.25) is 9.69 Å². The fourth-order valence-electron chi connectivity index (χ4n) is 3.38. The normalized spacial score (nSPS) is 19.1. The number of amides is 3. The summed E-state index contributed by atoms with van der Waals surface area (Å²) in [6.07, 6.45) is 0. The van der Waals surface area contributed by atoms with Gasteiger partial charge in [-0.25, -0.2) is 4.79 Å². The van der Waals surface area contributed by atoms with Gasteiger partial charge in [-0.1, -0.05) is 48.0 Å². The Morgan fingerprint density at radius 1 is 1.00 bits per heavy atom. The first kappa shape index (κ1) is 18.3. The van der Waals surface area contributed by atoms with Crippen molar-refractivity contribution in [2.24, 2.45) is 0 Å². The van der Waals surface area contributed by atoms with Crippen molar-refractivity contribution in [3.8, 4) is 5.75 Å².